The summed E-state index contributed by atoms with van der Waals surface area (Å²) in [5.41, 5.74) is 3.61. The van der Waals surface area contributed by atoms with E-state index in [9.17, 15) is 18.0 Å². The van der Waals surface area contributed by atoms with Gasteiger partial charge in [-0.3, -0.25) is 4.79 Å². The summed E-state index contributed by atoms with van der Waals surface area (Å²) in [6, 6.07) is 20.2. The van der Waals surface area contributed by atoms with Crippen molar-refractivity contribution in [1.82, 2.24) is 19.4 Å². The molecule has 0 radical (unpaired) electrons. The first kappa shape index (κ1) is 24.0. The number of halogens is 3. The fourth-order valence-electron chi connectivity index (χ4n) is 5.88. The molecule has 8 heteroatoms. The Hall–Kier alpha value is -4.07. The Morgan fingerprint density at radius 3 is 2.49 bits per heavy atom. The van der Waals surface area contributed by atoms with Gasteiger partial charge in [0.1, 0.15) is 5.82 Å². The van der Waals surface area contributed by atoms with Gasteiger partial charge in [0.15, 0.2) is 0 Å². The number of amides is 1. The number of alkyl halides is 3. The van der Waals surface area contributed by atoms with E-state index in [1.807, 2.05) is 41.4 Å². The first-order valence-corrected chi connectivity index (χ1v) is 13.4. The molecule has 1 atom stereocenters. The number of carbonyl (C=O) groups is 1. The van der Waals surface area contributed by atoms with Crippen LogP contribution in [0.5, 0.6) is 0 Å². The van der Waals surface area contributed by atoms with E-state index in [1.165, 1.54) is 6.07 Å². The maximum atomic E-state index is 14.1. The topological polar surface area (TPSA) is 53.9 Å². The molecular weight excluding hydrogens is 501 g/mol. The van der Waals surface area contributed by atoms with E-state index in [0.717, 1.165) is 52.9 Å². The molecule has 0 bridgehead atoms. The maximum absolute atomic E-state index is 14.1. The Labute approximate surface area is 223 Å². The number of fused-ring (bicyclic) bond motifs is 2. The first-order chi connectivity index (χ1) is 18.8. The fraction of sp³-hybridized carbons (Fsp3) is 0.290. The normalized spacial score (nSPS) is 17.9. The van der Waals surface area contributed by atoms with Crippen molar-refractivity contribution >= 4 is 27.8 Å². The molecule has 2 fully saturated rings. The van der Waals surface area contributed by atoms with Crippen LogP contribution in [0.25, 0.3) is 44.5 Å². The molecule has 1 saturated carbocycles. The monoisotopic (exact) mass is 528 g/mol. The van der Waals surface area contributed by atoms with Gasteiger partial charge in [0.25, 0.3) is 0 Å². The van der Waals surface area contributed by atoms with Crippen molar-refractivity contribution in [3.8, 4) is 22.5 Å². The third-order valence-corrected chi connectivity index (χ3v) is 8.07. The Morgan fingerprint density at radius 2 is 1.72 bits per heavy atom. The first-order valence-electron chi connectivity index (χ1n) is 13.4. The second-order valence-corrected chi connectivity index (χ2v) is 10.8. The molecule has 198 valence electrons. The molecule has 1 N–H and O–H groups in total. The van der Waals surface area contributed by atoms with E-state index in [-0.39, 0.29) is 23.3 Å². The van der Waals surface area contributed by atoms with Gasteiger partial charge >= 0.3 is 6.18 Å². The third kappa shape index (κ3) is 4.37. The number of carbonyl (C=O) groups excluding carboxylic acids is 1. The molecule has 2 aliphatic rings. The van der Waals surface area contributed by atoms with Crippen molar-refractivity contribution in [2.75, 3.05) is 13.1 Å². The number of rotatable bonds is 5. The standard InChI is InChI=1S/C31H27F3N4O/c32-31(33,34)25-2-1-3-26-28(25)38(18-19-13-15-37(17-19)30(39)23-9-10-23)29(36-26)22-7-4-20(5-8-22)24-11-6-21-12-14-35-27(21)16-24/h1-8,11-12,14,16,19,23,35H,9-10,13,15,17-18H2/t19-/m1/s1. The van der Waals surface area contributed by atoms with E-state index in [4.69, 9.17) is 4.98 Å². The number of aromatic nitrogens is 3. The number of nitrogens with zero attached hydrogens (tertiary/aromatic N) is 3. The minimum absolute atomic E-state index is 0.0666. The molecule has 2 aromatic heterocycles. The van der Waals surface area contributed by atoms with Crippen molar-refractivity contribution in [1.29, 1.82) is 0 Å². The molecule has 1 amide bonds. The largest absolute Gasteiger partial charge is 0.418 e. The lowest BCUT2D eigenvalue weighted by Gasteiger charge is -2.19. The minimum Gasteiger partial charge on any atom is -0.361 e. The number of nitrogens with one attached hydrogen (secondary N) is 1. The Morgan fingerprint density at radius 1 is 0.949 bits per heavy atom. The molecule has 5 nitrogen and oxygen atoms in total. The van der Waals surface area contributed by atoms with Crippen LogP contribution in [-0.2, 0) is 17.5 Å². The molecule has 39 heavy (non-hydrogen) atoms. The molecule has 5 aromatic rings. The van der Waals surface area contributed by atoms with Crippen molar-refractivity contribution in [3.63, 3.8) is 0 Å². The highest BCUT2D eigenvalue weighted by Gasteiger charge is 2.38. The van der Waals surface area contributed by atoms with Crippen LogP contribution in [-0.4, -0.2) is 38.4 Å². The zero-order chi connectivity index (χ0) is 26.7. The number of hydrogen-bond acceptors (Lipinski definition) is 2. The molecule has 1 saturated heterocycles. The summed E-state index contributed by atoms with van der Waals surface area (Å²) in [6.07, 6.45) is 0.0628. The Balaban J connectivity index is 1.27. The van der Waals surface area contributed by atoms with Crippen molar-refractivity contribution in [2.24, 2.45) is 11.8 Å². The predicted octanol–water partition coefficient (Wildman–Crippen LogP) is 7.13. The Bertz CT molecular complexity index is 1690. The Kier molecular flexibility index (Phi) is 5.54. The zero-order valence-corrected chi connectivity index (χ0v) is 21.2. The van der Waals surface area contributed by atoms with Crippen LogP contribution < -0.4 is 0 Å². The molecule has 0 spiro atoms. The van der Waals surface area contributed by atoms with Gasteiger partial charge in [-0.05, 0) is 66.0 Å². The number of para-hydroxylation sites is 1. The number of benzene rings is 3. The number of likely N-dealkylation sites (tertiary alicyclic amines) is 1. The molecule has 1 aliphatic carbocycles. The van der Waals surface area contributed by atoms with Gasteiger partial charge in [0, 0.05) is 42.8 Å². The second-order valence-electron chi connectivity index (χ2n) is 10.8. The van der Waals surface area contributed by atoms with Crippen molar-refractivity contribution in [3.05, 3.63) is 78.5 Å². The number of aromatic amines is 1. The fourth-order valence-corrected chi connectivity index (χ4v) is 5.88. The lowest BCUT2D eigenvalue weighted by Crippen LogP contribution is -2.30. The summed E-state index contributed by atoms with van der Waals surface area (Å²) < 4.78 is 44.1. The summed E-state index contributed by atoms with van der Waals surface area (Å²) in [5.74, 6) is 0.913. The number of H-pyrrole nitrogens is 1. The summed E-state index contributed by atoms with van der Waals surface area (Å²) in [6.45, 7) is 1.61. The highest BCUT2D eigenvalue weighted by atomic mass is 19.4. The molecule has 0 unspecified atom stereocenters. The van der Waals surface area contributed by atoms with Crippen LogP contribution in [0, 0.1) is 11.8 Å². The number of imidazole rings is 1. The van der Waals surface area contributed by atoms with Gasteiger partial charge in [-0.15, -0.1) is 0 Å². The molecule has 3 aromatic carbocycles. The van der Waals surface area contributed by atoms with Crippen LogP contribution in [0.4, 0.5) is 13.2 Å². The highest BCUT2D eigenvalue weighted by Crippen LogP contribution is 2.39. The van der Waals surface area contributed by atoms with Crippen LogP contribution in [0.15, 0.2) is 72.9 Å². The van der Waals surface area contributed by atoms with Crippen LogP contribution in [0.1, 0.15) is 24.8 Å². The van der Waals surface area contributed by atoms with Crippen molar-refractivity contribution in [2.45, 2.75) is 32.0 Å². The summed E-state index contributed by atoms with van der Waals surface area (Å²) >= 11 is 0. The van der Waals surface area contributed by atoms with Crippen LogP contribution >= 0.6 is 0 Å². The van der Waals surface area contributed by atoms with E-state index >= 15 is 0 Å². The van der Waals surface area contributed by atoms with E-state index in [2.05, 4.69) is 23.2 Å². The highest BCUT2D eigenvalue weighted by molar-refractivity contribution is 5.86. The molecule has 1 aliphatic heterocycles. The van der Waals surface area contributed by atoms with E-state index < -0.39 is 11.7 Å². The summed E-state index contributed by atoms with van der Waals surface area (Å²) in [5, 5.41) is 1.13. The quantitative estimate of drug-likeness (QED) is 0.264. The van der Waals surface area contributed by atoms with Gasteiger partial charge in [0.2, 0.25) is 5.91 Å². The van der Waals surface area contributed by atoms with E-state index in [0.29, 0.717) is 31.0 Å². The zero-order valence-electron chi connectivity index (χ0n) is 21.2. The van der Waals surface area contributed by atoms with Gasteiger partial charge in [0.05, 0.1) is 16.6 Å². The smallest absolute Gasteiger partial charge is 0.361 e. The summed E-state index contributed by atoms with van der Waals surface area (Å²) in [7, 11) is 0. The van der Waals surface area contributed by atoms with Gasteiger partial charge in [-0.2, -0.15) is 13.2 Å². The lowest BCUT2D eigenvalue weighted by molar-refractivity contribution is -0.136. The average molecular weight is 529 g/mol. The lowest BCUT2D eigenvalue weighted by atomic mass is 10.0. The van der Waals surface area contributed by atoms with Gasteiger partial charge in [-0.1, -0.05) is 42.5 Å². The third-order valence-electron chi connectivity index (χ3n) is 8.07. The van der Waals surface area contributed by atoms with Crippen LogP contribution in [0.2, 0.25) is 0 Å². The second kappa shape index (κ2) is 9.00. The van der Waals surface area contributed by atoms with Gasteiger partial charge in [-0.25, -0.2) is 4.98 Å². The van der Waals surface area contributed by atoms with Gasteiger partial charge < -0.3 is 14.5 Å². The molecular formula is C31H27F3N4O. The number of hydrogen-bond donors (Lipinski definition) is 1. The van der Waals surface area contributed by atoms with E-state index in [1.54, 1.807) is 10.6 Å². The minimum atomic E-state index is -4.50. The average Bonchev–Trinajstić information content (AvgIpc) is 3.32. The molecule has 3 heterocycles. The van der Waals surface area contributed by atoms with Crippen molar-refractivity contribution < 1.29 is 18.0 Å². The SMILES string of the molecule is O=C(C1CC1)N1CC[C@@H](Cn2c(-c3ccc(-c4ccc5cc[nH]c5c4)cc3)nc3cccc(C(F)(F)F)c32)C1. The molecule has 7 rings (SSSR count). The summed E-state index contributed by atoms with van der Waals surface area (Å²) in [4.78, 5) is 22.4. The predicted molar refractivity (Wildman–Crippen MR) is 145 cm³/mol. The van der Waals surface area contributed by atoms with Crippen LogP contribution in [0.3, 0.4) is 0 Å². The maximum Gasteiger partial charge on any atom is 0.418 e.